The average Bonchev–Trinajstić information content (AvgIpc) is 3.10. The number of benzene rings is 1. The Morgan fingerprint density at radius 3 is 1.68 bits per heavy atom. The van der Waals surface area contributed by atoms with Crippen molar-refractivity contribution >= 4 is 20.0 Å². The van der Waals surface area contributed by atoms with Gasteiger partial charge in [-0.3, -0.25) is 0 Å². The molecule has 0 aromatic heterocycles. The summed E-state index contributed by atoms with van der Waals surface area (Å²) in [6.07, 6.45) is 4.48. The van der Waals surface area contributed by atoms with Gasteiger partial charge in [0.15, 0.2) is 0 Å². The summed E-state index contributed by atoms with van der Waals surface area (Å²) < 4.78 is 54.2. The van der Waals surface area contributed by atoms with Crippen LogP contribution in [0.1, 0.15) is 46.0 Å². The van der Waals surface area contributed by atoms with E-state index >= 15 is 0 Å². The molecule has 0 spiro atoms. The maximum atomic E-state index is 13.0. The molecule has 0 N–H and O–H groups in total. The lowest BCUT2D eigenvalue weighted by Gasteiger charge is -2.37. The van der Waals surface area contributed by atoms with Crippen molar-refractivity contribution in [3.63, 3.8) is 0 Å². The quantitative estimate of drug-likeness (QED) is 0.796. The predicted molar refractivity (Wildman–Crippen MR) is 96.2 cm³/mol. The van der Waals surface area contributed by atoms with Gasteiger partial charge in [-0.15, -0.1) is 0 Å². The Bertz CT molecular complexity index is 803. The van der Waals surface area contributed by atoms with Gasteiger partial charge in [0.1, 0.15) is 0 Å². The van der Waals surface area contributed by atoms with E-state index in [-0.39, 0.29) is 21.9 Å². The first-order valence-corrected chi connectivity index (χ1v) is 11.8. The Kier molecular flexibility index (Phi) is 5.26. The molecule has 0 saturated carbocycles. The zero-order valence-corrected chi connectivity index (χ0v) is 16.4. The van der Waals surface area contributed by atoms with E-state index in [0.29, 0.717) is 13.1 Å². The maximum Gasteiger partial charge on any atom is 0.243 e. The second-order valence-corrected chi connectivity index (χ2v) is 10.8. The van der Waals surface area contributed by atoms with Gasteiger partial charge < -0.3 is 0 Å². The highest BCUT2D eigenvalue weighted by molar-refractivity contribution is 7.89. The van der Waals surface area contributed by atoms with Crippen LogP contribution < -0.4 is 0 Å². The summed E-state index contributed by atoms with van der Waals surface area (Å²) in [5.41, 5.74) is 0. The number of piperidine rings is 1. The summed E-state index contributed by atoms with van der Waals surface area (Å²) >= 11 is 0. The lowest BCUT2D eigenvalue weighted by Crippen LogP contribution is -2.47. The first kappa shape index (κ1) is 18.8. The van der Waals surface area contributed by atoms with E-state index in [1.54, 1.807) is 4.31 Å². The second-order valence-electron chi connectivity index (χ2n) is 7.05. The van der Waals surface area contributed by atoms with E-state index in [4.69, 9.17) is 0 Å². The summed E-state index contributed by atoms with van der Waals surface area (Å²) in [5, 5.41) is 0. The van der Waals surface area contributed by atoms with Crippen LogP contribution in [-0.2, 0) is 20.0 Å². The zero-order chi connectivity index (χ0) is 18.2. The summed E-state index contributed by atoms with van der Waals surface area (Å²) in [4.78, 5) is 0.321. The molecule has 8 heteroatoms. The van der Waals surface area contributed by atoms with Crippen molar-refractivity contribution < 1.29 is 16.8 Å². The molecule has 2 aliphatic rings. The molecule has 25 heavy (non-hydrogen) atoms. The Morgan fingerprint density at radius 2 is 1.20 bits per heavy atom. The Labute approximate surface area is 150 Å². The van der Waals surface area contributed by atoms with Crippen LogP contribution in [0.15, 0.2) is 34.1 Å². The third-order valence-corrected chi connectivity index (χ3v) is 9.27. The van der Waals surface area contributed by atoms with Gasteiger partial charge in [-0.05, 0) is 63.8 Å². The molecule has 0 bridgehead atoms. The van der Waals surface area contributed by atoms with Crippen LogP contribution in [0, 0.1) is 0 Å². The van der Waals surface area contributed by atoms with Crippen LogP contribution in [0.5, 0.6) is 0 Å². The van der Waals surface area contributed by atoms with Crippen molar-refractivity contribution in [3.8, 4) is 0 Å². The molecule has 0 radical (unpaired) electrons. The third kappa shape index (κ3) is 3.49. The highest BCUT2D eigenvalue weighted by Crippen LogP contribution is 2.30. The summed E-state index contributed by atoms with van der Waals surface area (Å²) in [6, 6.07) is 5.60. The normalized spacial score (nSPS) is 26.8. The zero-order valence-electron chi connectivity index (χ0n) is 14.8. The number of hydrogen-bond acceptors (Lipinski definition) is 4. The van der Waals surface area contributed by atoms with Crippen LogP contribution in [-0.4, -0.2) is 50.6 Å². The van der Waals surface area contributed by atoms with Gasteiger partial charge in [0.05, 0.1) is 9.79 Å². The summed E-state index contributed by atoms with van der Waals surface area (Å²) in [5.74, 6) is 0. The fraction of sp³-hybridized carbons (Fsp3) is 0.647. The Hall–Kier alpha value is -0.960. The molecule has 0 aliphatic carbocycles. The third-order valence-electron chi connectivity index (χ3n) is 5.21. The Morgan fingerprint density at radius 1 is 0.760 bits per heavy atom. The monoisotopic (exact) mass is 386 g/mol. The van der Waals surface area contributed by atoms with Crippen molar-refractivity contribution in [1.29, 1.82) is 0 Å². The average molecular weight is 387 g/mol. The molecule has 3 rings (SSSR count). The molecule has 0 amide bonds. The van der Waals surface area contributed by atoms with Gasteiger partial charge in [-0.25, -0.2) is 16.8 Å². The molecular formula is C17H26N2O4S2. The minimum Gasteiger partial charge on any atom is -0.207 e. The minimum absolute atomic E-state index is 0.0400. The van der Waals surface area contributed by atoms with Gasteiger partial charge >= 0.3 is 0 Å². The Balaban J connectivity index is 1.89. The molecule has 2 aliphatic heterocycles. The number of sulfonamides is 2. The molecule has 140 valence electrons. The van der Waals surface area contributed by atoms with Crippen molar-refractivity contribution in [2.24, 2.45) is 0 Å². The smallest absolute Gasteiger partial charge is 0.207 e. The molecule has 2 fully saturated rings. The molecule has 6 nitrogen and oxygen atoms in total. The second kappa shape index (κ2) is 6.98. The summed E-state index contributed by atoms with van der Waals surface area (Å²) in [6.45, 7) is 4.93. The number of nitrogens with zero attached hydrogens (tertiary/aromatic N) is 2. The van der Waals surface area contributed by atoms with Crippen molar-refractivity contribution in [2.45, 2.75) is 67.8 Å². The van der Waals surface area contributed by atoms with E-state index in [2.05, 4.69) is 0 Å². The van der Waals surface area contributed by atoms with E-state index in [9.17, 15) is 16.8 Å². The molecule has 2 heterocycles. The van der Waals surface area contributed by atoms with Gasteiger partial charge in [0.25, 0.3) is 0 Å². The highest BCUT2D eigenvalue weighted by atomic mass is 32.2. The van der Waals surface area contributed by atoms with Gasteiger partial charge in [0.2, 0.25) is 20.0 Å². The predicted octanol–water partition coefficient (Wildman–Crippen LogP) is 2.42. The lowest BCUT2D eigenvalue weighted by molar-refractivity contribution is 0.204. The first-order valence-electron chi connectivity index (χ1n) is 8.88. The van der Waals surface area contributed by atoms with Gasteiger partial charge in [0, 0.05) is 25.2 Å². The fourth-order valence-electron chi connectivity index (χ4n) is 3.85. The van der Waals surface area contributed by atoms with Crippen molar-refractivity contribution in [3.05, 3.63) is 24.3 Å². The number of rotatable bonds is 4. The maximum absolute atomic E-state index is 13.0. The van der Waals surface area contributed by atoms with Crippen LogP contribution in [0.2, 0.25) is 0 Å². The first-order chi connectivity index (χ1) is 11.7. The minimum atomic E-state index is -3.62. The standard InChI is InChI=1S/C17H26N2O4S2/c1-14-6-5-7-15(2)19(14)25(22,23)17-10-8-16(9-11-17)24(20,21)18-12-3-4-13-18/h8-11,14-15H,3-7,12-13H2,1-2H3. The van der Waals surface area contributed by atoms with Crippen LogP contribution >= 0.6 is 0 Å². The fourth-order valence-corrected chi connectivity index (χ4v) is 7.25. The molecule has 1 aromatic rings. The summed E-state index contributed by atoms with van der Waals surface area (Å²) in [7, 11) is -7.14. The van der Waals surface area contributed by atoms with Gasteiger partial charge in [-0.1, -0.05) is 6.42 Å². The lowest BCUT2D eigenvalue weighted by atomic mass is 10.0. The van der Waals surface area contributed by atoms with Crippen molar-refractivity contribution in [1.82, 2.24) is 8.61 Å². The van der Waals surface area contributed by atoms with Gasteiger partial charge in [-0.2, -0.15) is 8.61 Å². The van der Waals surface area contributed by atoms with E-state index in [1.807, 2.05) is 13.8 Å². The molecule has 2 saturated heterocycles. The molecule has 1 aromatic carbocycles. The molecular weight excluding hydrogens is 360 g/mol. The van der Waals surface area contributed by atoms with Crippen molar-refractivity contribution in [2.75, 3.05) is 13.1 Å². The number of hydrogen-bond donors (Lipinski definition) is 0. The van der Waals surface area contributed by atoms with Crippen LogP contribution in [0.3, 0.4) is 0 Å². The topological polar surface area (TPSA) is 74.8 Å². The molecule has 2 unspecified atom stereocenters. The van der Waals surface area contributed by atoms with E-state index < -0.39 is 20.0 Å². The molecule has 2 atom stereocenters. The van der Waals surface area contributed by atoms with E-state index in [0.717, 1.165) is 32.1 Å². The van der Waals surface area contributed by atoms with Crippen LogP contribution in [0.4, 0.5) is 0 Å². The van der Waals surface area contributed by atoms with Crippen LogP contribution in [0.25, 0.3) is 0 Å². The van der Waals surface area contributed by atoms with E-state index in [1.165, 1.54) is 28.6 Å². The SMILES string of the molecule is CC1CCCC(C)N1S(=O)(=O)c1ccc(S(=O)(=O)N2CCCC2)cc1. The largest absolute Gasteiger partial charge is 0.243 e. The highest BCUT2D eigenvalue weighted by Gasteiger charge is 2.36.